The molecule has 7 nitrogen and oxygen atoms in total. The number of nitrogens with one attached hydrogen (secondary N) is 1. The number of rotatable bonds is 4. The van der Waals surface area contributed by atoms with Gasteiger partial charge in [-0.25, -0.2) is 4.98 Å². The van der Waals surface area contributed by atoms with E-state index in [4.69, 9.17) is 9.72 Å². The molecule has 1 atom stereocenters. The summed E-state index contributed by atoms with van der Waals surface area (Å²) < 4.78 is 7.38. The number of fused-ring (bicyclic) bond motifs is 1. The van der Waals surface area contributed by atoms with Crippen LogP contribution in [-0.4, -0.2) is 59.5 Å². The third kappa shape index (κ3) is 3.41. The Morgan fingerprint density at radius 3 is 2.88 bits per heavy atom. The molecule has 1 unspecified atom stereocenters. The Morgan fingerprint density at radius 1 is 1.35 bits per heavy atom. The van der Waals surface area contributed by atoms with Crippen molar-refractivity contribution < 1.29 is 14.6 Å². The van der Waals surface area contributed by atoms with Gasteiger partial charge in [0.15, 0.2) is 0 Å². The number of aromatic nitrogens is 2. The van der Waals surface area contributed by atoms with Crippen molar-refractivity contribution in [3.8, 4) is 0 Å². The normalized spacial score (nSPS) is 21.5. The van der Waals surface area contributed by atoms with E-state index >= 15 is 0 Å². The molecule has 1 aromatic carbocycles. The molecule has 3 heterocycles. The molecule has 140 valence electrons. The lowest BCUT2D eigenvalue weighted by atomic mass is 10.0. The van der Waals surface area contributed by atoms with E-state index in [1.165, 1.54) is 0 Å². The minimum Gasteiger partial charge on any atom is -0.391 e. The van der Waals surface area contributed by atoms with Crippen LogP contribution in [0.5, 0.6) is 0 Å². The van der Waals surface area contributed by atoms with Crippen LogP contribution >= 0.6 is 0 Å². The summed E-state index contributed by atoms with van der Waals surface area (Å²) in [4.78, 5) is 19.3. The molecule has 2 N–H and O–H groups in total. The fraction of sp³-hybridized carbons (Fsp3) is 0.579. The van der Waals surface area contributed by atoms with Gasteiger partial charge in [-0.1, -0.05) is 0 Å². The van der Waals surface area contributed by atoms with Gasteiger partial charge in [0, 0.05) is 45.5 Å². The van der Waals surface area contributed by atoms with E-state index in [1.54, 1.807) is 0 Å². The molecule has 2 fully saturated rings. The molecule has 4 rings (SSSR count). The van der Waals surface area contributed by atoms with Crippen molar-refractivity contribution in [2.24, 2.45) is 13.0 Å². The lowest BCUT2D eigenvalue weighted by Crippen LogP contribution is -2.32. The summed E-state index contributed by atoms with van der Waals surface area (Å²) in [6.07, 6.45) is 2.49. The number of ether oxygens (including phenoxy) is 1. The molecular formula is C19H26N4O3. The first-order valence-corrected chi connectivity index (χ1v) is 9.37. The lowest BCUT2D eigenvalue weighted by molar-refractivity contribution is 0.0642. The van der Waals surface area contributed by atoms with Crippen LogP contribution < -0.4 is 10.2 Å². The number of aliphatic hydroxyl groups is 1. The quantitative estimate of drug-likeness (QED) is 0.861. The second-order valence-corrected chi connectivity index (χ2v) is 7.33. The van der Waals surface area contributed by atoms with Crippen molar-refractivity contribution in [1.29, 1.82) is 0 Å². The highest BCUT2D eigenvalue weighted by Crippen LogP contribution is 2.25. The van der Waals surface area contributed by atoms with Crippen LogP contribution in [0, 0.1) is 5.92 Å². The molecule has 2 aliphatic rings. The zero-order valence-electron chi connectivity index (χ0n) is 15.1. The fourth-order valence-corrected chi connectivity index (χ4v) is 3.82. The first kappa shape index (κ1) is 17.3. The van der Waals surface area contributed by atoms with Crippen LogP contribution in [0.3, 0.4) is 0 Å². The zero-order valence-corrected chi connectivity index (χ0v) is 15.1. The number of hydrogen-bond donors (Lipinski definition) is 2. The van der Waals surface area contributed by atoms with Gasteiger partial charge in [0.05, 0.1) is 17.1 Å². The molecule has 7 heteroatoms. The monoisotopic (exact) mass is 358 g/mol. The number of anilines is 1. The van der Waals surface area contributed by atoms with E-state index < -0.39 is 0 Å². The number of carbonyl (C=O) groups is 1. The van der Waals surface area contributed by atoms with E-state index in [0.29, 0.717) is 24.6 Å². The Hall–Kier alpha value is -2.12. The maximum atomic E-state index is 12.5. The van der Waals surface area contributed by atoms with Crippen LogP contribution in [0.15, 0.2) is 18.2 Å². The van der Waals surface area contributed by atoms with Crippen LogP contribution in [0.1, 0.15) is 29.6 Å². The van der Waals surface area contributed by atoms with Gasteiger partial charge in [-0.3, -0.25) is 4.79 Å². The maximum absolute atomic E-state index is 12.5. The Kier molecular flexibility index (Phi) is 4.82. The predicted molar refractivity (Wildman–Crippen MR) is 99.4 cm³/mol. The Morgan fingerprint density at radius 2 is 2.15 bits per heavy atom. The topological polar surface area (TPSA) is 79.6 Å². The summed E-state index contributed by atoms with van der Waals surface area (Å²) in [6, 6.07) is 5.65. The van der Waals surface area contributed by atoms with Gasteiger partial charge in [0.1, 0.15) is 0 Å². The summed E-state index contributed by atoms with van der Waals surface area (Å²) >= 11 is 0. The summed E-state index contributed by atoms with van der Waals surface area (Å²) in [6.45, 7) is 3.68. The number of β-amino-alcohol motifs (C(OH)–C–C–N with tert-alkyl or cyclic N) is 1. The van der Waals surface area contributed by atoms with Gasteiger partial charge >= 0.3 is 0 Å². The number of imidazole rings is 1. The minimum absolute atomic E-state index is 0.0535. The van der Waals surface area contributed by atoms with Gasteiger partial charge in [-0.15, -0.1) is 0 Å². The molecule has 1 aromatic heterocycles. The summed E-state index contributed by atoms with van der Waals surface area (Å²) in [7, 11) is 1.97. The Bertz CT molecular complexity index is 797. The third-order valence-corrected chi connectivity index (χ3v) is 5.46. The molecule has 0 bridgehead atoms. The molecule has 0 spiro atoms. The minimum atomic E-state index is -0.290. The van der Waals surface area contributed by atoms with Crippen molar-refractivity contribution in [3.05, 3.63) is 23.8 Å². The van der Waals surface area contributed by atoms with E-state index in [2.05, 4.69) is 10.2 Å². The largest absolute Gasteiger partial charge is 0.391 e. The van der Waals surface area contributed by atoms with Gasteiger partial charge in [-0.05, 0) is 43.4 Å². The van der Waals surface area contributed by atoms with Crippen LogP contribution in [0.4, 0.5) is 5.95 Å². The molecule has 26 heavy (non-hydrogen) atoms. The SMILES string of the molecule is Cn1c(N2CCC(O)C2)nc2cc(C(=O)NCC3CCOCC3)ccc21. The zero-order chi connectivity index (χ0) is 18.1. The number of aliphatic hydroxyl groups excluding tert-OH is 1. The number of aryl methyl sites for hydroxylation is 1. The second kappa shape index (κ2) is 7.25. The molecule has 0 radical (unpaired) electrons. The highest BCUT2D eigenvalue weighted by atomic mass is 16.5. The first-order valence-electron chi connectivity index (χ1n) is 9.37. The Balaban J connectivity index is 1.49. The van der Waals surface area contributed by atoms with Crippen molar-refractivity contribution in [2.75, 3.05) is 37.7 Å². The third-order valence-electron chi connectivity index (χ3n) is 5.46. The van der Waals surface area contributed by atoms with Gasteiger partial charge in [0.2, 0.25) is 5.95 Å². The predicted octanol–water partition coefficient (Wildman–Crippen LogP) is 1.30. The number of carbonyl (C=O) groups excluding carboxylic acids is 1. The van der Waals surface area contributed by atoms with E-state index in [9.17, 15) is 9.90 Å². The molecule has 2 aliphatic heterocycles. The highest BCUT2D eigenvalue weighted by molar-refractivity contribution is 5.97. The van der Waals surface area contributed by atoms with E-state index in [1.807, 2.05) is 29.8 Å². The fourth-order valence-electron chi connectivity index (χ4n) is 3.82. The van der Waals surface area contributed by atoms with Crippen LogP contribution in [-0.2, 0) is 11.8 Å². The molecule has 2 aromatic rings. The summed E-state index contributed by atoms with van der Waals surface area (Å²) in [5, 5.41) is 12.8. The van der Waals surface area contributed by atoms with Gasteiger partial charge in [-0.2, -0.15) is 0 Å². The number of nitrogens with zero attached hydrogens (tertiary/aromatic N) is 3. The maximum Gasteiger partial charge on any atom is 0.251 e. The molecule has 2 saturated heterocycles. The summed E-state index contributed by atoms with van der Waals surface area (Å²) in [5.41, 5.74) is 2.43. The number of amides is 1. The average molecular weight is 358 g/mol. The molecule has 0 aliphatic carbocycles. The van der Waals surface area contributed by atoms with Gasteiger partial charge in [0.25, 0.3) is 5.91 Å². The molecular weight excluding hydrogens is 332 g/mol. The van der Waals surface area contributed by atoms with Crippen molar-refractivity contribution in [3.63, 3.8) is 0 Å². The average Bonchev–Trinajstić information content (AvgIpc) is 3.23. The van der Waals surface area contributed by atoms with Gasteiger partial charge < -0.3 is 24.6 Å². The van der Waals surface area contributed by atoms with Crippen LogP contribution in [0.25, 0.3) is 11.0 Å². The second-order valence-electron chi connectivity index (χ2n) is 7.33. The van der Waals surface area contributed by atoms with E-state index in [-0.39, 0.29) is 12.0 Å². The molecule has 1 amide bonds. The van der Waals surface area contributed by atoms with Crippen molar-refractivity contribution >= 4 is 22.9 Å². The number of hydrogen-bond acceptors (Lipinski definition) is 5. The van der Waals surface area contributed by atoms with Crippen molar-refractivity contribution in [2.45, 2.75) is 25.4 Å². The number of benzene rings is 1. The Labute approximate surface area is 152 Å². The van der Waals surface area contributed by atoms with E-state index in [0.717, 1.165) is 56.0 Å². The first-order chi connectivity index (χ1) is 12.6. The van der Waals surface area contributed by atoms with Crippen LogP contribution in [0.2, 0.25) is 0 Å². The smallest absolute Gasteiger partial charge is 0.251 e. The standard InChI is InChI=1S/C19H26N4O3/c1-22-17-3-2-14(18(25)20-11-13-5-8-26-9-6-13)10-16(17)21-19(22)23-7-4-15(24)12-23/h2-3,10,13,15,24H,4-9,11-12H2,1H3,(H,20,25). The molecule has 0 saturated carbocycles. The lowest BCUT2D eigenvalue weighted by Gasteiger charge is -2.22. The highest BCUT2D eigenvalue weighted by Gasteiger charge is 2.24. The van der Waals surface area contributed by atoms with Crippen molar-refractivity contribution in [1.82, 2.24) is 14.9 Å². The summed E-state index contributed by atoms with van der Waals surface area (Å²) in [5.74, 6) is 1.29.